The Balaban J connectivity index is 2.19. The average Bonchev–Trinajstić information content (AvgIpc) is 2.52. The third kappa shape index (κ3) is 4.44. The molecule has 23 heavy (non-hydrogen) atoms. The maximum absolute atomic E-state index is 11.1. The SMILES string of the molecule is O=C(O)C(CC(=S)c1ccc(-c2ccccc2)cc1)S(=O)(=O)O. The second-order valence-electron chi connectivity index (χ2n) is 4.91. The highest BCUT2D eigenvalue weighted by atomic mass is 32.2. The lowest BCUT2D eigenvalue weighted by Crippen LogP contribution is -2.31. The van der Waals surface area contributed by atoms with Crippen molar-refractivity contribution in [1.29, 1.82) is 0 Å². The second-order valence-corrected chi connectivity index (χ2v) is 7.00. The van der Waals surface area contributed by atoms with Crippen molar-refractivity contribution in [2.75, 3.05) is 0 Å². The monoisotopic (exact) mass is 350 g/mol. The van der Waals surface area contributed by atoms with Crippen molar-refractivity contribution < 1.29 is 22.9 Å². The van der Waals surface area contributed by atoms with E-state index in [1.54, 1.807) is 12.1 Å². The van der Waals surface area contributed by atoms with Crippen LogP contribution in [0.3, 0.4) is 0 Å². The first kappa shape index (κ1) is 17.3. The van der Waals surface area contributed by atoms with Crippen molar-refractivity contribution in [2.45, 2.75) is 11.7 Å². The van der Waals surface area contributed by atoms with E-state index in [-0.39, 0.29) is 4.86 Å². The van der Waals surface area contributed by atoms with Gasteiger partial charge in [-0.25, -0.2) is 0 Å². The molecule has 0 saturated carbocycles. The number of carbonyl (C=O) groups is 1. The van der Waals surface area contributed by atoms with Crippen LogP contribution in [-0.2, 0) is 14.9 Å². The summed E-state index contributed by atoms with van der Waals surface area (Å²) in [5, 5.41) is 6.94. The van der Waals surface area contributed by atoms with Crippen molar-refractivity contribution in [3.05, 3.63) is 60.2 Å². The van der Waals surface area contributed by atoms with Gasteiger partial charge in [-0.15, -0.1) is 0 Å². The van der Waals surface area contributed by atoms with Crippen molar-refractivity contribution >= 4 is 33.2 Å². The number of aliphatic carboxylic acids is 1. The molecule has 0 aliphatic carbocycles. The van der Waals surface area contributed by atoms with Crippen molar-refractivity contribution in [2.24, 2.45) is 0 Å². The van der Waals surface area contributed by atoms with Crippen LogP contribution in [0.4, 0.5) is 0 Å². The summed E-state index contributed by atoms with van der Waals surface area (Å²) in [5.41, 5.74) is 2.53. The lowest BCUT2D eigenvalue weighted by atomic mass is 10.0. The lowest BCUT2D eigenvalue weighted by molar-refractivity contribution is -0.136. The molecule has 0 heterocycles. The third-order valence-corrected chi connectivity index (χ3v) is 4.81. The summed E-state index contributed by atoms with van der Waals surface area (Å²) in [7, 11) is -4.71. The predicted octanol–water partition coefficient (Wildman–Crippen LogP) is 2.80. The van der Waals surface area contributed by atoms with Crippen LogP contribution in [0, 0.1) is 0 Å². The molecule has 7 heteroatoms. The average molecular weight is 350 g/mol. The van der Waals surface area contributed by atoms with Crippen molar-refractivity contribution in [3.63, 3.8) is 0 Å². The van der Waals surface area contributed by atoms with Gasteiger partial charge in [0.1, 0.15) is 0 Å². The summed E-state index contributed by atoms with van der Waals surface area (Å²) in [6, 6.07) is 16.7. The smallest absolute Gasteiger partial charge is 0.324 e. The van der Waals surface area contributed by atoms with Gasteiger partial charge in [-0.2, -0.15) is 8.42 Å². The molecule has 0 aliphatic rings. The molecule has 0 spiro atoms. The van der Waals surface area contributed by atoms with E-state index < -0.39 is 27.8 Å². The number of carboxylic acid groups (broad SMARTS) is 1. The number of hydrogen-bond donors (Lipinski definition) is 2. The summed E-state index contributed by atoms with van der Waals surface area (Å²) < 4.78 is 31.2. The van der Waals surface area contributed by atoms with Crippen molar-refractivity contribution in [3.8, 4) is 11.1 Å². The molecule has 2 aromatic carbocycles. The van der Waals surface area contributed by atoms with Crippen LogP contribution >= 0.6 is 12.2 Å². The van der Waals surface area contributed by atoms with Gasteiger partial charge < -0.3 is 5.11 Å². The standard InChI is InChI=1S/C16H14O5S2/c17-16(18)15(23(19,20)21)10-14(22)13-8-6-12(7-9-13)11-4-2-1-3-5-11/h1-9,15H,10H2,(H,17,18)(H,19,20,21). The fraction of sp³-hybridized carbons (Fsp3) is 0.125. The second kappa shape index (κ2) is 6.99. The van der Waals surface area contributed by atoms with Crippen LogP contribution in [0.5, 0.6) is 0 Å². The first-order valence-electron chi connectivity index (χ1n) is 6.67. The Bertz CT molecular complexity index is 811. The highest BCUT2D eigenvalue weighted by Crippen LogP contribution is 2.21. The van der Waals surface area contributed by atoms with Gasteiger partial charge in [0.05, 0.1) is 0 Å². The van der Waals surface area contributed by atoms with E-state index in [1.165, 1.54) is 0 Å². The molecular formula is C16H14O5S2. The zero-order valence-electron chi connectivity index (χ0n) is 11.9. The van der Waals surface area contributed by atoms with E-state index in [4.69, 9.17) is 21.9 Å². The molecule has 2 rings (SSSR count). The van der Waals surface area contributed by atoms with Gasteiger partial charge in [-0.3, -0.25) is 9.35 Å². The Morgan fingerprint density at radius 1 is 1.00 bits per heavy atom. The Kier molecular flexibility index (Phi) is 5.25. The molecule has 0 fully saturated rings. The van der Waals surface area contributed by atoms with Crippen LogP contribution in [0.2, 0.25) is 0 Å². The third-order valence-electron chi connectivity index (χ3n) is 3.32. The molecule has 2 aromatic rings. The summed E-state index contributed by atoms with van der Waals surface area (Å²) in [5.74, 6) is -1.63. The summed E-state index contributed by atoms with van der Waals surface area (Å²) >= 11 is 5.11. The van der Waals surface area contributed by atoms with Crippen molar-refractivity contribution in [1.82, 2.24) is 0 Å². The Morgan fingerprint density at radius 2 is 1.52 bits per heavy atom. The molecule has 120 valence electrons. The zero-order valence-corrected chi connectivity index (χ0v) is 13.5. The fourth-order valence-electron chi connectivity index (χ4n) is 2.09. The molecular weight excluding hydrogens is 336 g/mol. The number of carboxylic acids is 1. The number of benzene rings is 2. The summed E-state index contributed by atoms with van der Waals surface area (Å²) in [6.45, 7) is 0. The topological polar surface area (TPSA) is 91.7 Å². The van der Waals surface area contributed by atoms with E-state index in [1.807, 2.05) is 42.5 Å². The molecule has 0 saturated heterocycles. The van der Waals surface area contributed by atoms with Crippen LogP contribution < -0.4 is 0 Å². The zero-order chi connectivity index (χ0) is 17.0. The number of thiocarbonyl (C=S) groups is 1. The normalized spacial score (nSPS) is 12.6. The lowest BCUT2D eigenvalue weighted by Gasteiger charge is -2.11. The van der Waals surface area contributed by atoms with Gasteiger partial charge in [0.15, 0.2) is 5.25 Å². The van der Waals surface area contributed by atoms with E-state index >= 15 is 0 Å². The van der Waals surface area contributed by atoms with Crippen LogP contribution in [0.25, 0.3) is 11.1 Å². The van der Waals surface area contributed by atoms with E-state index in [9.17, 15) is 13.2 Å². The molecule has 0 amide bonds. The van der Waals surface area contributed by atoms with Gasteiger partial charge in [0.2, 0.25) is 0 Å². The molecule has 1 unspecified atom stereocenters. The Labute approximate surface area is 139 Å². The Hall–Kier alpha value is -2.09. The summed E-state index contributed by atoms with van der Waals surface area (Å²) in [6.07, 6.45) is -0.450. The van der Waals surface area contributed by atoms with E-state index in [2.05, 4.69) is 0 Å². The molecule has 0 aromatic heterocycles. The van der Waals surface area contributed by atoms with E-state index in [0.29, 0.717) is 5.56 Å². The largest absolute Gasteiger partial charge is 0.480 e. The number of rotatable bonds is 6. The quantitative estimate of drug-likeness (QED) is 0.473. The number of hydrogen-bond acceptors (Lipinski definition) is 4. The minimum Gasteiger partial charge on any atom is -0.480 e. The van der Waals surface area contributed by atoms with Gasteiger partial charge in [-0.1, -0.05) is 66.8 Å². The van der Waals surface area contributed by atoms with Crippen LogP contribution in [0.15, 0.2) is 54.6 Å². The first-order chi connectivity index (χ1) is 10.8. The van der Waals surface area contributed by atoms with E-state index in [0.717, 1.165) is 11.1 Å². The molecule has 0 aliphatic heterocycles. The minimum absolute atomic E-state index is 0.162. The highest BCUT2D eigenvalue weighted by molar-refractivity contribution is 7.87. The predicted molar refractivity (Wildman–Crippen MR) is 91.2 cm³/mol. The maximum atomic E-state index is 11.1. The fourth-order valence-corrected chi connectivity index (χ4v) is 3.13. The van der Waals surface area contributed by atoms with Gasteiger partial charge in [0.25, 0.3) is 10.1 Å². The molecule has 5 nitrogen and oxygen atoms in total. The Morgan fingerprint density at radius 3 is 2.00 bits per heavy atom. The molecule has 1 atom stereocenters. The molecule has 2 N–H and O–H groups in total. The van der Waals surface area contributed by atoms with Crippen LogP contribution in [-0.4, -0.2) is 34.2 Å². The van der Waals surface area contributed by atoms with Gasteiger partial charge in [-0.05, 0) is 16.7 Å². The molecule has 0 radical (unpaired) electrons. The summed E-state index contributed by atoms with van der Waals surface area (Å²) in [4.78, 5) is 11.1. The maximum Gasteiger partial charge on any atom is 0.324 e. The minimum atomic E-state index is -4.71. The molecule has 0 bridgehead atoms. The van der Waals surface area contributed by atoms with Gasteiger partial charge >= 0.3 is 5.97 Å². The van der Waals surface area contributed by atoms with Gasteiger partial charge in [0, 0.05) is 11.3 Å². The van der Waals surface area contributed by atoms with Crippen LogP contribution in [0.1, 0.15) is 12.0 Å². The first-order valence-corrected chi connectivity index (χ1v) is 8.58. The highest BCUT2D eigenvalue weighted by Gasteiger charge is 2.32.